The molecule has 0 aromatic carbocycles. The van der Waals surface area contributed by atoms with Crippen molar-refractivity contribution in [2.24, 2.45) is 0 Å². The van der Waals surface area contributed by atoms with E-state index in [4.69, 9.17) is 0 Å². The average molecular weight is 298 g/mol. The lowest BCUT2D eigenvalue weighted by Crippen LogP contribution is -2.26. The monoisotopic (exact) mass is 297 g/mol. The summed E-state index contributed by atoms with van der Waals surface area (Å²) in [6.07, 6.45) is 21.4. The first kappa shape index (κ1) is 21.0. The van der Waals surface area contributed by atoms with E-state index in [0.717, 1.165) is 0 Å². The van der Waals surface area contributed by atoms with Gasteiger partial charge < -0.3 is 5.32 Å². The maximum atomic E-state index is 3.62. The molecule has 0 bridgehead atoms. The van der Waals surface area contributed by atoms with Crippen LogP contribution in [-0.4, -0.2) is 12.6 Å². The first-order valence-electron chi connectivity index (χ1n) is 10.0. The zero-order chi connectivity index (χ0) is 15.6. The van der Waals surface area contributed by atoms with Crippen LogP contribution in [0.4, 0.5) is 0 Å². The molecule has 1 unspecified atom stereocenters. The Morgan fingerprint density at radius 3 is 1.43 bits per heavy atom. The average Bonchev–Trinajstić information content (AvgIpc) is 2.48. The van der Waals surface area contributed by atoms with Crippen LogP contribution in [-0.2, 0) is 0 Å². The second-order valence-electron chi connectivity index (χ2n) is 6.89. The summed E-state index contributed by atoms with van der Waals surface area (Å²) in [6, 6.07) is 0.715. The van der Waals surface area contributed by atoms with E-state index in [0.29, 0.717) is 6.04 Å². The zero-order valence-electron chi connectivity index (χ0n) is 15.4. The summed E-state index contributed by atoms with van der Waals surface area (Å²) < 4.78 is 0. The molecule has 0 saturated heterocycles. The van der Waals surface area contributed by atoms with E-state index >= 15 is 0 Å². The van der Waals surface area contributed by atoms with Crippen molar-refractivity contribution in [3.63, 3.8) is 0 Å². The Hall–Kier alpha value is -0.0400. The number of rotatable bonds is 17. The maximum absolute atomic E-state index is 3.62. The highest BCUT2D eigenvalue weighted by Crippen LogP contribution is 2.12. The van der Waals surface area contributed by atoms with Gasteiger partial charge in [0.25, 0.3) is 0 Å². The summed E-state index contributed by atoms with van der Waals surface area (Å²) in [5.74, 6) is 0. The second-order valence-corrected chi connectivity index (χ2v) is 6.89. The van der Waals surface area contributed by atoms with Crippen LogP contribution in [0.5, 0.6) is 0 Å². The fourth-order valence-electron chi connectivity index (χ4n) is 3.03. The van der Waals surface area contributed by atoms with Crippen molar-refractivity contribution >= 4 is 0 Å². The summed E-state index contributed by atoms with van der Waals surface area (Å²) in [7, 11) is 0. The van der Waals surface area contributed by atoms with Crippen LogP contribution in [0.15, 0.2) is 0 Å². The molecule has 0 heterocycles. The molecule has 0 radical (unpaired) electrons. The van der Waals surface area contributed by atoms with Crippen molar-refractivity contribution in [1.82, 2.24) is 5.32 Å². The normalized spacial score (nSPS) is 12.7. The first-order valence-corrected chi connectivity index (χ1v) is 10.0. The van der Waals surface area contributed by atoms with Gasteiger partial charge in [-0.15, -0.1) is 0 Å². The minimum absolute atomic E-state index is 0.715. The van der Waals surface area contributed by atoms with Crippen LogP contribution in [0.25, 0.3) is 0 Å². The van der Waals surface area contributed by atoms with E-state index in [9.17, 15) is 0 Å². The molecule has 1 atom stereocenters. The highest BCUT2D eigenvalue weighted by Gasteiger charge is 1.98. The summed E-state index contributed by atoms with van der Waals surface area (Å²) in [6.45, 7) is 8.09. The van der Waals surface area contributed by atoms with Crippen LogP contribution in [0.3, 0.4) is 0 Å². The van der Waals surface area contributed by atoms with Crippen LogP contribution in [0.1, 0.15) is 117 Å². The van der Waals surface area contributed by atoms with Gasteiger partial charge in [-0.1, -0.05) is 97.3 Å². The van der Waals surface area contributed by atoms with E-state index in [1.165, 1.54) is 103 Å². The molecule has 0 aromatic rings. The van der Waals surface area contributed by atoms with Crippen LogP contribution >= 0.6 is 0 Å². The highest BCUT2D eigenvalue weighted by atomic mass is 14.9. The molecule has 0 rings (SSSR count). The molecule has 0 aliphatic carbocycles. The lowest BCUT2D eigenvalue weighted by molar-refractivity contribution is 0.484. The fourth-order valence-corrected chi connectivity index (χ4v) is 3.03. The topological polar surface area (TPSA) is 12.0 Å². The quantitative estimate of drug-likeness (QED) is 0.289. The maximum Gasteiger partial charge on any atom is 0.00386 e. The largest absolute Gasteiger partial charge is 0.314 e. The number of hydrogen-bond donors (Lipinski definition) is 1. The molecular formula is C20H43N. The van der Waals surface area contributed by atoms with Crippen molar-refractivity contribution in [2.75, 3.05) is 6.54 Å². The molecule has 0 fully saturated rings. The van der Waals surface area contributed by atoms with E-state index in [-0.39, 0.29) is 0 Å². The van der Waals surface area contributed by atoms with Crippen molar-refractivity contribution in [2.45, 2.75) is 123 Å². The van der Waals surface area contributed by atoms with Crippen LogP contribution in [0, 0.1) is 0 Å². The molecule has 0 aliphatic rings. The van der Waals surface area contributed by atoms with Gasteiger partial charge >= 0.3 is 0 Å². The number of unbranched alkanes of at least 4 members (excludes halogenated alkanes) is 12. The van der Waals surface area contributed by atoms with Gasteiger partial charge in [-0.25, -0.2) is 0 Å². The Morgan fingerprint density at radius 2 is 1.00 bits per heavy atom. The molecule has 0 aromatic heterocycles. The Kier molecular flexibility index (Phi) is 18.0. The Balaban J connectivity index is 2.99. The van der Waals surface area contributed by atoms with Crippen LogP contribution in [0.2, 0.25) is 0 Å². The third-order valence-corrected chi connectivity index (χ3v) is 4.49. The minimum Gasteiger partial charge on any atom is -0.314 e. The summed E-state index contributed by atoms with van der Waals surface area (Å²) >= 11 is 0. The number of nitrogens with one attached hydrogen (secondary N) is 1. The van der Waals surface area contributed by atoms with E-state index in [2.05, 4.69) is 26.1 Å². The van der Waals surface area contributed by atoms with Crippen molar-refractivity contribution in [3.05, 3.63) is 0 Å². The van der Waals surface area contributed by atoms with Crippen LogP contribution < -0.4 is 5.32 Å². The Labute approximate surface area is 135 Å². The predicted octanol–water partition coefficient (Wildman–Crippen LogP) is 6.86. The molecule has 0 aliphatic heterocycles. The molecule has 0 spiro atoms. The molecule has 0 saturated carbocycles. The van der Waals surface area contributed by atoms with Gasteiger partial charge in [0.1, 0.15) is 0 Å². The summed E-state index contributed by atoms with van der Waals surface area (Å²) in [5, 5.41) is 3.62. The van der Waals surface area contributed by atoms with Crippen molar-refractivity contribution in [1.29, 1.82) is 0 Å². The molecule has 128 valence electrons. The molecule has 1 heteroatoms. The summed E-state index contributed by atoms with van der Waals surface area (Å²) in [5.41, 5.74) is 0. The van der Waals surface area contributed by atoms with E-state index < -0.39 is 0 Å². The third-order valence-electron chi connectivity index (χ3n) is 4.49. The molecule has 21 heavy (non-hydrogen) atoms. The Bertz CT molecular complexity index is 179. The fraction of sp³-hybridized carbons (Fsp3) is 1.00. The van der Waals surface area contributed by atoms with Gasteiger partial charge in [0, 0.05) is 6.04 Å². The third kappa shape index (κ3) is 17.9. The van der Waals surface area contributed by atoms with Gasteiger partial charge in [-0.2, -0.15) is 0 Å². The Morgan fingerprint density at radius 1 is 0.571 bits per heavy atom. The SMILES string of the molecule is CCCCCCCCCCCCCCCNC(C)CCC. The van der Waals surface area contributed by atoms with Gasteiger partial charge in [-0.3, -0.25) is 0 Å². The molecule has 0 amide bonds. The lowest BCUT2D eigenvalue weighted by atomic mass is 10.0. The van der Waals surface area contributed by atoms with Gasteiger partial charge in [0.05, 0.1) is 0 Å². The lowest BCUT2D eigenvalue weighted by Gasteiger charge is -2.12. The molecule has 1 nitrogen and oxygen atoms in total. The van der Waals surface area contributed by atoms with Crippen molar-refractivity contribution in [3.8, 4) is 0 Å². The molecule has 1 N–H and O–H groups in total. The minimum atomic E-state index is 0.715. The van der Waals surface area contributed by atoms with E-state index in [1.807, 2.05) is 0 Å². The van der Waals surface area contributed by atoms with Gasteiger partial charge in [-0.05, 0) is 26.3 Å². The zero-order valence-corrected chi connectivity index (χ0v) is 15.4. The standard InChI is InChI=1S/C20H43N/c1-4-6-7-8-9-10-11-12-13-14-15-16-17-19-21-20(3)18-5-2/h20-21H,4-19H2,1-3H3. The van der Waals surface area contributed by atoms with Gasteiger partial charge in [0.15, 0.2) is 0 Å². The van der Waals surface area contributed by atoms with E-state index in [1.54, 1.807) is 0 Å². The smallest absolute Gasteiger partial charge is 0.00386 e. The predicted molar refractivity (Wildman–Crippen MR) is 98.1 cm³/mol. The van der Waals surface area contributed by atoms with Gasteiger partial charge in [0.2, 0.25) is 0 Å². The second kappa shape index (κ2) is 18.0. The molecular weight excluding hydrogens is 254 g/mol. The highest BCUT2D eigenvalue weighted by molar-refractivity contribution is 4.59. The first-order chi connectivity index (χ1) is 10.3. The summed E-state index contributed by atoms with van der Waals surface area (Å²) in [4.78, 5) is 0. The van der Waals surface area contributed by atoms with Crippen molar-refractivity contribution < 1.29 is 0 Å². The number of hydrogen-bond acceptors (Lipinski definition) is 1.